The van der Waals surface area contributed by atoms with Crippen LogP contribution in [-0.4, -0.2) is 40.1 Å². The standard InChI is InChI=1S/C16H17N3O4/c1-10-14(9-18-11(2)19-10)15(20)17-7-8-23-13-5-3-12(4-6-13)16(21)22/h3-6,9H,7-8H2,1-2H3,(H,17,20)(H,21,22). The van der Waals surface area contributed by atoms with Crippen LogP contribution < -0.4 is 10.1 Å². The van der Waals surface area contributed by atoms with Gasteiger partial charge >= 0.3 is 5.97 Å². The highest BCUT2D eigenvalue weighted by atomic mass is 16.5. The van der Waals surface area contributed by atoms with Gasteiger partial charge in [-0.3, -0.25) is 4.79 Å². The Kier molecular flexibility index (Phi) is 5.24. The van der Waals surface area contributed by atoms with E-state index in [0.29, 0.717) is 29.4 Å². The van der Waals surface area contributed by atoms with Gasteiger partial charge in [0.15, 0.2) is 0 Å². The summed E-state index contributed by atoms with van der Waals surface area (Å²) >= 11 is 0. The first-order chi connectivity index (χ1) is 11.0. The molecule has 1 heterocycles. The van der Waals surface area contributed by atoms with Crippen LogP contribution in [0.25, 0.3) is 0 Å². The number of hydrogen-bond acceptors (Lipinski definition) is 5. The maximum atomic E-state index is 12.0. The molecule has 7 nitrogen and oxygen atoms in total. The van der Waals surface area contributed by atoms with Gasteiger partial charge in [0.1, 0.15) is 18.2 Å². The number of carboxylic acids is 1. The highest BCUT2D eigenvalue weighted by Crippen LogP contribution is 2.11. The molecule has 2 aromatic rings. The minimum atomic E-state index is -0.987. The van der Waals surface area contributed by atoms with E-state index < -0.39 is 5.97 Å². The van der Waals surface area contributed by atoms with Crippen molar-refractivity contribution in [1.29, 1.82) is 0 Å². The Labute approximate surface area is 133 Å². The summed E-state index contributed by atoms with van der Waals surface area (Å²) in [6.45, 7) is 4.10. The molecule has 0 radical (unpaired) electrons. The summed E-state index contributed by atoms with van der Waals surface area (Å²) in [5.41, 5.74) is 1.25. The van der Waals surface area contributed by atoms with Gasteiger partial charge in [-0.1, -0.05) is 0 Å². The van der Waals surface area contributed by atoms with Crippen LogP contribution in [0, 0.1) is 13.8 Å². The lowest BCUT2D eigenvalue weighted by Gasteiger charge is -2.09. The topological polar surface area (TPSA) is 101 Å². The lowest BCUT2D eigenvalue weighted by molar-refractivity contribution is 0.0696. The molecule has 2 N–H and O–H groups in total. The number of carboxylic acid groups (broad SMARTS) is 1. The van der Waals surface area contributed by atoms with Gasteiger partial charge in [-0.2, -0.15) is 0 Å². The average Bonchev–Trinajstić information content (AvgIpc) is 2.51. The van der Waals surface area contributed by atoms with Crippen molar-refractivity contribution in [1.82, 2.24) is 15.3 Å². The zero-order valence-electron chi connectivity index (χ0n) is 12.9. The van der Waals surface area contributed by atoms with Crippen LogP contribution in [0.4, 0.5) is 0 Å². The Morgan fingerprint density at radius 3 is 2.52 bits per heavy atom. The third-order valence-electron chi connectivity index (χ3n) is 3.10. The number of carbonyl (C=O) groups is 2. The molecule has 0 fully saturated rings. The molecule has 0 atom stereocenters. The van der Waals surface area contributed by atoms with Crippen molar-refractivity contribution >= 4 is 11.9 Å². The van der Waals surface area contributed by atoms with Crippen LogP contribution >= 0.6 is 0 Å². The number of nitrogens with one attached hydrogen (secondary N) is 1. The summed E-state index contributed by atoms with van der Waals surface area (Å²) in [5.74, 6) is -0.0851. The largest absolute Gasteiger partial charge is 0.492 e. The molecule has 0 aliphatic carbocycles. The van der Waals surface area contributed by atoms with E-state index in [1.807, 2.05) is 0 Å². The van der Waals surface area contributed by atoms with Gasteiger partial charge in [0.25, 0.3) is 5.91 Å². The number of benzene rings is 1. The van der Waals surface area contributed by atoms with Gasteiger partial charge in [0.05, 0.1) is 23.4 Å². The second-order valence-electron chi connectivity index (χ2n) is 4.85. The normalized spacial score (nSPS) is 10.2. The first kappa shape index (κ1) is 16.4. The zero-order chi connectivity index (χ0) is 16.8. The van der Waals surface area contributed by atoms with Crippen LogP contribution in [0.2, 0.25) is 0 Å². The van der Waals surface area contributed by atoms with E-state index in [0.717, 1.165) is 0 Å². The molecule has 1 amide bonds. The van der Waals surface area contributed by atoms with Crippen molar-refractivity contribution in [2.45, 2.75) is 13.8 Å². The highest BCUT2D eigenvalue weighted by molar-refractivity contribution is 5.94. The molecule has 0 unspecified atom stereocenters. The Morgan fingerprint density at radius 2 is 1.91 bits per heavy atom. The van der Waals surface area contributed by atoms with Gasteiger partial charge in [-0.15, -0.1) is 0 Å². The van der Waals surface area contributed by atoms with Gasteiger partial charge in [0.2, 0.25) is 0 Å². The number of carbonyl (C=O) groups excluding carboxylic acids is 1. The summed E-state index contributed by atoms with van der Waals surface area (Å²) in [6.07, 6.45) is 1.50. The molecule has 0 saturated carbocycles. The lowest BCUT2D eigenvalue weighted by Crippen LogP contribution is -2.29. The first-order valence-corrected chi connectivity index (χ1v) is 7.02. The SMILES string of the molecule is Cc1ncc(C(=O)NCCOc2ccc(C(=O)O)cc2)c(C)n1. The van der Waals surface area contributed by atoms with E-state index in [9.17, 15) is 9.59 Å². The van der Waals surface area contributed by atoms with Crippen LogP contribution in [-0.2, 0) is 0 Å². The zero-order valence-corrected chi connectivity index (χ0v) is 12.9. The van der Waals surface area contributed by atoms with Crippen LogP contribution in [0.15, 0.2) is 30.5 Å². The molecule has 7 heteroatoms. The number of nitrogens with zero attached hydrogens (tertiary/aromatic N) is 2. The Balaban J connectivity index is 1.80. The molecule has 0 spiro atoms. The van der Waals surface area contributed by atoms with Gasteiger partial charge in [0, 0.05) is 6.20 Å². The van der Waals surface area contributed by atoms with Gasteiger partial charge in [-0.05, 0) is 38.1 Å². The fourth-order valence-electron chi connectivity index (χ4n) is 1.93. The van der Waals surface area contributed by atoms with Crippen molar-refractivity contribution in [3.05, 3.63) is 53.1 Å². The number of aromatic carboxylic acids is 1. The lowest BCUT2D eigenvalue weighted by atomic mass is 10.2. The Hall–Kier alpha value is -2.96. The first-order valence-electron chi connectivity index (χ1n) is 7.02. The van der Waals surface area contributed by atoms with E-state index in [-0.39, 0.29) is 18.1 Å². The summed E-state index contributed by atoms with van der Waals surface area (Å²) in [5, 5.41) is 11.5. The number of ether oxygens (including phenoxy) is 1. The quantitative estimate of drug-likeness (QED) is 0.785. The fourth-order valence-corrected chi connectivity index (χ4v) is 1.93. The smallest absolute Gasteiger partial charge is 0.335 e. The molecule has 0 aliphatic rings. The molecule has 2 rings (SSSR count). The number of rotatable bonds is 6. The van der Waals surface area contributed by atoms with Gasteiger partial charge in [-0.25, -0.2) is 14.8 Å². The summed E-state index contributed by atoms with van der Waals surface area (Å²) in [4.78, 5) is 30.9. The Morgan fingerprint density at radius 1 is 1.22 bits per heavy atom. The van der Waals surface area contributed by atoms with Crippen molar-refractivity contribution < 1.29 is 19.4 Å². The number of hydrogen-bond donors (Lipinski definition) is 2. The molecule has 0 aliphatic heterocycles. The maximum Gasteiger partial charge on any atom is 0.335 e. The van der Waals surface area contributed by atoms with Crippen molar-refractivity contribution in [2.24, 2.45) is 0 Å². The molecule has 0 bridgehead atoms. The highest BCUT2D eigenvalue weighted by Gasteiger charge is 2.10. The molecule has 120 valence electrons. The number of aromatic nitrogens is 2. The van der Waals surface area contributed by atoms with Gasteiger partial charge < -0.3 is 15.2 Å². The second kappa shape index (κ2) is 7.35. The molecular weight excluding hydrogens is 298 g/mol. The maximum absolute atomic E-state index is 12.0. The second-order valence-corrected chi connectivity index (χ2v) is 4.85. The van der Waals surface area contributed by atoms with E-state index >= 15 is 0 Å². The van der Waals surface area contributed by atoms with Crippen molar-refractivity contribution in [2.75, 3.05) is 13.2 Å². The minimum Gasteiger partial charge on any atom is -0.492 e. The third kappa shape index (κ3) is 4.50. The third-order valence-corrected chi connectivity index (χ3v) is 3.10. The molecule has 0 saturated heterocycles. The van der Waals surface area contributed by atoms with E-state index in [1.54, 1.807) is 26.0 Å². The van der Waals surface area contributed by atoms with Crippen LogP contribution in [0.5, 0.6) is 5.75 Å². The predicted molar refractivity (Wildman–Crippen MR) is 82.7 cm³/mol. The fraction of sp³-hybridized carbons (Fsp3) is 0.250. The monoisotopic (exact) mass is 315 g/mol. The van der Waals surface area contributed by atoms with Crippen LogP contribution in [0.3, 0.4) is 0 Å². The summed E-state index contributed by atoms with van der Waals surface area (Å²) in [6, 6.07) is 6.07. The van der Waals surface area contributed by atoms with Crippen molar-refractivity contribution in [3.63, 3.8) is 0 Å². The van der Waals surface area contributed by atoms with E-state index in [1.165, 1.54) is 18.3 Å². The number of aryl methyl sites for hydroxylation is 2. The molecular formula is C16H17N3O4. The van der Waals surface area contributed by atoms with Crippen LogP contribution in [0.1, 0.15) is 32.2 Å². The number of amides is 1. The van der Waals surface area contributed by atoms with Crippen molar-refractivity contribution in [3.8, 4) is 5.75 Å². The predicted octanol–water partition coefficient (Wildman–Crippen LogP) is 1.60. The summed E-state index contributed by atoms with van der Waals surface area (Å²) < 4.78 is 5.44. The molecule has 1 aromatic heterocycles. The van der Waals surface area contributed by atoms with E-state index in [4.69, 9.17) is 9.84 Å². The molecule has 1 aromatic carbocycles. The summed E-state index contributed by atoms with van der Waals surface area (Å²) in [7, 11) is 0. The molecule has 23 heavy (non-hydrogen) atoms. The minimum absolute atomic E-state index is 0.195. The Bertz CT molecular complexity index is 714. The average molecular weight is 315 g/mol. The van der Waals surface area contributed by atoms with E-state index in [2.05, 4.69) is 15.3 Å².